The Balaban J connectivity index is 1.74. The highest BCUT2D eigenvalue weighted by atomic mass is 35.5. The lowest BCUT2D eigenvalue weighted by Crippen LogP contribution is -2.29. The number of nitrogens with one attached hydrogen (secondary N) is 1. The Hall–Kier alpha value is -3.12. The summed E-state index contributed by atoms with van der Waals surface area (Å²) in [5.41, 5.74) is 1.42. The van der Waals surface area contributed by atoms with Gasteiger partial charge in [-0.3, -0.25) is 9.88 Å². The molecular weight excluding hydrogens is 418 g/mol. The highest BCUT2D eigenvalue weighted by Crippen LogP contribution is 2.34. The third-order valence-electron chi connectivity index (χ3n) is 4.50. The second-order valence-electron chi connectivity index (χ2n) is 6.67. The fourth-order valence-corrected chi connectivity index (χ4v) is 3.24. The van der Waals surface area contributed by atoms with E-state index in [-0.39, 0.29) is 6.61 Å². The molecule has 0 aliphatic carbocycles. The number of pyridine rings is 1. The molecule has 9 heteroatoms. The van der Waals surface area contributed by atoms with Crippen LogP contribution in [0.3, 0.4) is 0 Å². The van der Waals surface area contributed by atoms with Gasteiger partial charge in [-0.25, -0.2) is 9.97 Å². The van der Waals surface area contributed by atoms with E-state index in [2.05, 4.69) is 26.2 Å². The second-order valence-corrected chi connectivity index (χ2v) is 7.10. The zero-order valence-electron chi connectivity index (χ0n) is 17.2. The predicted molar refractivity (Wildman–Crippen MR) is 121 cm³/mol. The molecule has 0 saturated carbocycles. The Morgan fingerprint density at radius 2 is 2.06 bits per heavy atom. The van der Waals surface area contributed by atoms with Gasteiger partial charge in [-0.2, -0.15) is 0 Å². The van der Waals surface area contributed by atoms with E-state index >= 15 is 0 Å². The van der Waals surface area contributed by atoms with E-state index in [0.29, 0.717) is 53.2 Å². The number of benzene rings is 1. The van der Waals surface area contributed by atoms with Crippen molar-refractivity contribution < 1.29 is 14.6 Å². The smallest absolute Gasteiger partial charge is 0.163 e. The lowest BCUT2D eigenvalue weighted by atomic mass is 10.2. The van der Waals surface area contributed by atoms with Gasteiger partial charge in [0, 0.05) is 30.7 Å². The third kappa shape index (κ3) is 6.18. The summed E-state index contributed by atoms with van der Waals surface area (Å²) in [6, 6.07) is 5.42. The van der Waals surface area contributed by atoms with Gasteiger partial charge in [0.2, 0.25) is 0 Å². The minimum atomic E-state index is 0.0718. The first-order chi connectivity index (χ1) is 15.1. The number of aromatic nitrogens is 3. The van der Waals surface area contributed by atoms with Crippen LogP contribution >= 0.6 is 11.6 Å². The Bertz CT molecular complexity index is 1060. The number of aliphatic hydroxyl groups is 1. The first-order valence-corrected chi connectivity index (χ1v) is 10.1. The van der Waals surface area contributed by atoms with Crippen molar-refractivity contribution in [1.29, 1.82) is 0 Å². The molecule has 0 bridgehead atoms. The van der Waals surface area contributed by atoms with Gasteiger partial charge in [0.05, 0.1) is 49.3 Å². The number of methoxy groups -OCH3 is 1. The number of aliphatic hydroxyl groups excluding tert-OH is 1. The second kappa shape index (κ2) is 11.3. The Kier molecular flexibility index (Phi) is 8.24. The van der Waals surface area contributed by atoms with Crippen LogP contribution in [0.1, 0.15) is 6.42 Å². The number of hydrogen-bond acceptors (Lipinski definition) is 8. The topological polar surface area (TPSA) is 92.6 Å². The van der Waals surface area contributed by atoms with Crippen molar-refractivity contribution in [3.8, 4) is 23.8 Å². The maximum Gasteiger partial charge on any atom is 0.163 e. The summed E-state index contributed by atoms with van der Waals surface area (Å²) in [6.07, 6.45) is 10.8. The molecule has 0 amide bonds. The van der Waals surface area contributed by atoms with Gasteiger partial charge >= 0.3 is 0 Å². The van der Waals surface area contributed by atoms with Crippen LogP contribution in [-0.4, -0.2) is 64.9 Å². The van der Waals surface area contributed by atoms with Crippen LogP contribution in [-0.2, 0) is 0 Å². The molecule has 2 aromatic heterocycles. The van der Waals surface area contributed by atoms with Crippen molar-refractivity contribution in [2.45, 2.75) is 6.42 Å². The Morgan fingerprint density at radius 1 is 1.19 bits per heavy atom. The van der Waals surface area contributed by atoms with Crippen LogP contribution in [0.4, 0.5) is 11.5 Å². The molecule has 0 aliphatic heterocycles. The van der Waals surface area contributed by atoms with E-state index in [9.17, 15) is 0 Å². The van der Waals surface area contributed by atoms with E-state index in [1.165, 1.54) is 6.33 Å². The Morgan fingerprint density at radius 3 is 2.81 bits per heavy atom. The minimum Gasteiger partial charge on any atom is -0.493 e. The number of halogens is 1. The van der Waals surface area contributed by atoms with Crippen molar-refractivity contribution in [2.75, 3.05) is 45.3 Å². The van der Waals surface area contributed by atoms with Gasteiger partial charge in [0.1, 0.15) is 12.1 Å². The average molecular weight is 442 g/mol. The van der Waals surface area contributed by atoms with E-state index in [0.717, 1.165) is 18.4 Å². The first-order valence-electron chi connectivity index (χ1n) is 9.74. The summed E-state index contributed by atoms with van der Waals surface area (Å²) in [5, 5.41) is 13.6. The van der Waals surface area contributed by atoms with Gasteiger partial charge < -0.3 is 19.9 Å². The van der Waals surface area contributed by atoms with Gasteiger partial charge in [-0.1, -0.05) is 17.5 Å². The molecule has 0 radical (unpaired) electrons. The van der Waals surface area contributed by atoms with Gasteiger partial charge in [-0.15, -0.1) is 6.42 Å². The number of hydrogen-bond donors (Lipinski definition) is 2. The lowest BCUT2D eigenvalue weighted by Gasteiger charge is -2.18. The molecule has 3 aromatic rings. The molecule has 1 aromatic carbocycles. The van der Waals surface area contributed by atoms with Crippen LogP contribution in [0.15, 0.2) is 36.9 Å². The molecule has 3 rings (SSSR count). The quantitative estimate of drug-likeness (QED) is 0.346. The molecule has 0 saturated heterocycles. The fraction of sp³-hybridized carbons (Fsp3) is 0.318. The number of fused-ring (bicyclic) bond motifs is 1. The van der Waals surface area contributed by atoms with E-state index in [1.807, 2.05) is 17.0 Å². The van der Waals surface area contributed by atoms with Crippen LogP contribution in [0.5, 0.6) is 11.5 Å². The van der Waals surface area contributed by atoms with Crippen molar-refractivity contribution in [1.82, 2.24) is 19.9 Å². The highest BCUT2D eigenvalue weighted by molar-refractivity contribution is 6.30. The van der Waals surface area contributed by atoms with Crippen molar-refractivity contribution in [2.24, 2.45) is 0 Å². The zero-order chi connectivity index (χ0) is 22.1. The van der Waals surface area contributed by atoms with Crippen LogP contribution in [0.25, 0.3) is 10.9 Å². The summed E-state index contributed by atoms with van der Waals surface area (Å²) in [7, 11) is 1.59. The highest BCUT2D eigenvalue weighted by Gasteiger charge is 2.12. The lowest BCUT2D eigenvalue weighted by molar-refractivity contribution is 0.195. The van der Waals surface area contributed by atoms with Gasteiger partial charge in [-0.05, 0) is 18.6 Å². The summed E-state index contributed by atoms with van der Waals surface area (Å²) >= 11 is 6.02. The number of anilines is 2. The van der Waals surface area contributed by atoms with Crippen molar-refractivity contribution >= 4 is 34.0 Å². The molecule has 0 fully saturated rings. The number of nitrogens with zero attached hydrogens (tertiary/aromatic N) is 4. The molecule has 8 nitrogen and oxygen atoms in total. The average Bonchev–Trinajstić information content (AvgIpc) is 2.76. The molecule has 0 atom stereocenters. The minimum absolute atomic E-state index is 0.0718. The number of terminal acetylenes is 1. The number of ether oxygens (including phenoxy) is 2. The maximum absolute atomic E-state index is 9.11. The summed E-state index contributed by atoms with van der Waals surface area (Å²) < 4.78 is 11.5. The van der Waals surface area contributed by atoms with Crippen molar-refractivity contribution in [3.63, 3.8) is 0 Å². The number of rotatable bonds is 11. The SMILES string of the molecule is C#CCN(CCO)CCCOc1cc2ncnc(Nc3cncc(Cl)c3)c2cc1OC. The summed E-state index contributed by atoms with van der Waals surface area (Å²) in [4.78, 5) is 14.8. The third-order valence-corrected chi connectivity index (χ3v) is 4.70. The normalized spacial score (nSPS) is 10.8. The first kappa shape index (κ1) is 22.6. The standard InChI is InChI=1S/C22H24ClN5O3/c1-3-5-28(7-8-29)6-4-9-31-21-12-19-18(11-20(21)30-2)22(26-15-25-19)27-17-10-16(23)13-24-14-17/h1,10-15,29H,4-9H2,2H3,(H,25,26,27). The molecule has 2 N–H and O–H groups in total. The molecule has 31 heavy (non-hydrogen) atoms. The fourth-order valence-electron chi connectivity index (χ4n) is 3.06. The molecule has 0 unspecified atom stereocenters. The van der Waals surface area contributed by atoms with E-state index in [1.54, 1.807) is 25.6 Å². The maximum atomic E-state index is 9.11. The van der Waals surface area contributed by atoms with Crippen LogP contribution in [0, 0.1) is 12.3 Å². The van der Waals surface area contributed by atoms with Gasteiger partial charge in [0.25, 0.3) is 0 Å². The summed E-state index contributed by atoms with van der Waals surface area (Å²) in [5.74, 6) is 4.37. The summed E-state index contributed by atoms with van der Waals surface area (Å²) in [6.45, 7) is 2.30. The molecular formula is C22H24ClN5O3. The van der Waals surface area contributed by atoms with Crippen molar-refractivity contribution in [3.05, 3.63) is 41.9 Å². The predicted octanol–water partition coefficient (Wildman–Crippen LogP) is 3.13. The largest absolute Gasteiger partial charge is 0.493 e. The zero-order valence-corrected chi connectivity index (χ0v) is 18.0. The molecule has 162 valence electrons. The van der Waals surface area contributed by atoms with Crippen LogP contribution in [0.2, 0.25) is 5.02 Å². The van der Waals surface area contributed by atoms with E-state index < -0.39 is 0 Å². The molecule has 0 spiro atoms. The Labute approximate surface area is 186 Å². The molecule has 0 aliphatic rings. The van der Waals surface area contributed by atoms with Gasteiger partial charge in [0.15, 0.2) is 11.5 Å². The molecule has 2 heterocycles. The monoisotopic (exact) mass is 441 g/mol. The van der Waals surface area contributed by atoms with E-state index in [4.69, 9.17) is 32.6 Å². The van der Waals surface area contributed by atoms with Crippen LogP contribution < -0.4 is 14.8 Å².